The Morgan fingerprint density at radius 2 is 2.14 bits per heavy atom. The lowest BCUT2D eigenvalue weighted by molar-refractivity contribution is -0.118. The van der Waals surface area contributed by atoms with E-state index in [1.54, 1.807) is 30.3 Å². The van der Waals surface area contributed by atoms with Crippen molar-refractivity contribution < 1.29 is 14.3 Å². The van der Waals surface area contributed by atoms with Crippen molar-refractivity contribution in [2.24, 2.45) is 0 Å². The van der Waals surface area contributed by atoms with E-state index in [0.29, 0.717) is 27.7 Å². The van der Waals surface area contributed by atoms with Crippen LogP contribution in [0.2, 0.25) is 5.02 Å². The molecule has 2 aromatic rings. The average Bonchev–Trinajstić information content (AvgIpc) is 2.50. The Balaban J connectivity index is 1.91. The van der Waals surface area contributed by atoms with Crippen molar-refractivity contribution >= 4 is 34.8 Å². The summed E-state index contributed by atoms with van der Waals surface area (Å²) in [5, 5.41) is 6.03. The molecule has 0 spiro atoms. The number of fused-ring (bicyclic) bond motifs is 1. The number of aryl methyl sites for hydroxylation is 1. The smallest absolute Gasteiger partial charge is 0.262 e. The van der Waals surface area contributed by atoms with Crippen LogP contribution >= 0.6 is 11.6 Å². The van der Waals surface area contributed by atoms with Crippen LogP contribution in [0, 0.1) is 6.92 Å². The van der Waals surface area contributed by atoms with Gasteiger partial charge < -0.3 is 15.4 Å². The molecule has 0 unspecified atom stereocenters. The second-order valence-electron chi connectivity index (χ2n) is 4.93. The van der Waals surface area contributed by atoms with Gasteiger partial charge in [0.25, 0.3) is 11.8 Å². The van der Waals surface area contributed by atoms with Crippen LogP contribution in [0.15, 0.2) is 36.4 Å². The summed E-state index contributed by atoms with van der Waals surface area (Å²) in [6.45, 7) is 1.77. The van der Waals surface area contributed by atoms with Gasteiger partial charge in [0, 0.05) is 10.7 Å². The van der Waals surface area contributed by atoms with E-state index in [0.717, 1.165) is 5.56 Å². The van der Waals surface area contributed by atoms with Gasteiger partial charge in [-0.05, 0) is 36.8 Å². The SMILES string of the molecule is Cc1ccc(Cl)cc1NC(=O)c1cccc2c1OCC(=O)N2. The molecule has 0 radical (unpaired) electrons. The van der Waals surface area contributed by atoms with Crippen LogP contribution in [0.3, 0.4) is 0 Å². The van der Waals surface area contributed by atoms with Crippen LogP contribution in [-0.4, -0.2) is 18.4 Å². The van der Waals surface area contributed by atoms with Crippen molar-refractivity contribution in [3.05, 3.63) is 52.5 Å². The molecule has 1 aliphatic rings. The second kappa shape index (κ2) is 5.69. The number of hydrogen-bond donors (Lipinski definition) is 2. The number of amides is 2. The Bertz CT molecular complexity index is 774. The zero-order valence-corrected chi connectivity index (χ0v) is 12.5. The molecule has 0 bridgehead atoms. The normalized spacial score (nSPS) is 12.9. The summed E-state index contributed by atoms with van der Waals surface area (Å²) in [7, 11) is 0. The molecular formula is C16H13ClN2O3. The Labute approximate surface area is 132 Å². The first-order valence-electron chi connectivity index (χ1n) is 6.68. The molecule has 2 amide bonds. The van der Waals surface area contributed by atoms with E-state index in [9.17, 15) is 9.59 Å². The van der Waals surface area contributed by atoms with Crippen molar-refractivity contribution in [3.63, 3.8) is 0 Å². The quantitative estimate of drug-likeness (QED) is 0.894. The van der Waals surface area contributed by atoms with Gasteiger partial charge in [-0.15, -0.1) is 0 Å². The minimum Gasteiger partial charge on any atom is -0.481 e. The number of carbonyl (C=O) groups excluding carboxylic acids is 2. The molecule has 2 N–H and O–H groups in total. The lowest BCUT2D eigenvalue weighted by Gasteiger charge is -2.20. The molecule has 0 aromatic heterocycles. The Morgan fingerprint density at radius 3 is 2.95 bits per heavy atom. The fraction of sp³-hybridized carbons (Fsp3) is 0.125. The van der Waals surface area contributed by atoms with Gasteiger partial charge in [0.15, 0.2) is 12.4 Å². The first kappa shape index (κ1) is 14.4. The van der Waals surface area contributed by atoms with E-state index in [2.05, 4.69) is 10.6 Å². The van der Waals surface area contributed by atoms with E-state index >= 15 is 0 Å². The molecule has 1 aliphatic heterocycles. The summed E-state index contributed by atoms with van der Waals surface area (Å²) >= 11 is 5.95. The number of hydrogen-bond acceptors (Lipinski definition) is 3. The summed E-state index contributed by atoms with van der Waals surface area (Å²) in [5.74, 6) is -0.187. The summed E-state index contributed by atoms with van der Waals surface area (Å²) in [5.41, 5.74) is 2.38. The maximum absolute atomic E-state index is 12.5. The number of halogens is 1. The van der Waals surface area contributed by atoms with E-state index in [-0.39, 0.29) is 18.4 Å². The van der Waals surface area contributed by atoms with Crippen molar-refractivity contribution in [2.75, 3.05) is 17.2 Å². The van der Waals surface area contributed by atoms with Crippen LogP contribution in [-0.2, 0) is 4.79 Å². The zero-order valence-electron chi connectivity index (χ0n) is 11.8. The number of nitrogens with one attached hydrogen (secondary N) is 2. The van der Waals surface area contributed by atoms with E-state index in [4.69, 9.17) is 16.3 Å². The number of benzene rings is 2. The molecule has 112 valence electrons. The van der Waals surface area contributed by atoms with Crippen molar-refractivity contribution in [1.82, 2.24) is 0 Å². The highest BCUT2D eigenvalue weighted by Crippen LogP contribution is 2.32. The highest BCUT2D eigenvalue weighted by Gasteiger charge is 2.22. The van der Waals surface area contributed by atoms with Gasteiger partial charge in [-0.25, -0.2) is 0 Å². The van der Waals surface area contributed by atoms with Crippen molar-refractivity contribution in [2.45, 2.75) is 6.92 Å². The molecule has 5 nitrogen and oxygen atoms in total. The van der Waals surface area contributed by atoms with E-state index < -0.39 is 0 Å². The lowest BCUT2D eigenvalue weighted by Crippen LogP contribution is -2.27. The summed E-state index contributed by atoms with van der Waals surface area (Å²) in [6, 6.07) is 10.3. The molecule has 3 rings (SSSR count). The molecule has 0 atom stereocenters. The van der Waals surface area contributed by atoms with Crippen LogP contribution in [0.25, 0.3) is 0 Å². The lowest BCUT2D eigenvalue weighted by atomic mass is 10.1. The molecule has 0 saturated heterocycles. The topological polar surface area (TPSA) is 67.4 Å². The summed E-state index contributed by atoms with van der Waals surface area (Å²) in [4.78, 5) is 23.8. The molecule has 0 saturated carbocycles. The maximum atomic E-state index is 12.5. The van der Waals surface area contributed by atoms with Crippen LogP contribution in [0.1, 0.15) is 15.9 Å². The highest BCUT2D eigenvalue weighted by atomic mass is 35.5. The van der Waals surface area contributed by atoms with Gasteiger partial charge in [0.05, 0.1) is 11.3 Å². The van der Waals surface area contributed by atoms with Crippen molar-refractivity contribution in [1.29, 1.82) is 0 Å². The third-order valence-corrected chi connectivity index (χ3v) is 3.56. The van der Waals surface area contributed by atoms with Gasteiger partial charge in [-0.1, -0.05) is 23.7 Å². The van der Waals surface area contributed by atoms with Gasteiger partial charge in [0.2, 0.25) is 0 Å². The van der Waals surface area contributed by atoms with Gasteiger partial charge in [-0.2, -0.15) is 0 Å². The molecule has 0 fully saturated rings. The van der Waals surface area contributed by atoms with E-state index in [1.165, 1.54) is 0 Å². The fourth-order valence-electron chi connectivity index (χ4n) is 2.21. The Hall–Kier alpha value is -2.53. The minimum absolute atomic E-state index is 0.104. The number of rotatable bonds is 2. The summed E-state index contributed by atoms with van der Waals surface area (Å²) < 4.78 is 5.38. The first-order chi connectivity index (χ1) is 10.5. The predicted molar refractivity (Wildman–Crippen MR) is 84.7 cm³/mol. The third-order valence-electron chi connectivity index (χ3n) is 3.33. The molecule has 0 aliphatic carbocycles. The zero-order chi connectivity index (χ0) is 15.7. The number of ether oxygens (including phenoxy) is 1. The van der Waals surface area contributed by atoms with Crippen LogP contribution in [0.4, 0.5) is 11.4 Å². The minimum atomic E-state index is -0.321. The number of para-hydroxylation sites is 1. The molecule has 2 aromatic carbocycles. The first-order valence-corrected chi connectivity index (χ1v) is 7.05. The largest absolute Gasteiger partial charge is 0.481 e. The number of anilines is 2. The molecule has 6 heteroatoms. The third kappa shape index (κ3) is 2.76. The number of carbonyl (C=O) groups is 2. The standard InChI is InChI=1S/C16H13ClN2O3/c1-9-5-6-10(17)7-13(9)19-16(21)11-3-2-4-12-15(11)22-8-14(20)18-12/h2-7H,8H2,1H3,(H,18,20)(H,19,21). The average molecular weight is 317 g/mol. The predicted octanol–water partition coefficient (Wildman–Crippen LogP) is 3.23. The van der Waals surface area contributed by atoms with Gasteiger partial charge in [-0.3, -0.25) is 9.59 Å². The van der Waals surface area contributed by atoms with Gasteiger partial charge >= 0.3 is 0 Å². The van der Waals surface area contributed by atoms with Crippen molar-refractivity contribution in [3.8, 4) is 5.75 Å². The van der Waals surface area contributed by atoms with E-state index in [1.807, 2.05) is 13.0 Å². The van der Waals surface area contributed by atoms with Crippen LogP contribution < -0.4 is 15.4 Å². The van der Waals surface area contributed by atoms with Crippen LogP contribution in [0.5, 0.6) is 5.75 Å². The monoisotopic (exact) mass is 316 g/mol. The maximum Gasteiger partial charge on any atom is 0.262 e. The highest BCUT2D eigenvalue weighted by molar-refractivity contribution is 6.31. The molecule has 22 heavy (non-hydrogen) atoms. The molecular weight excluding hydrogens is 304 g/mol. The fourth-order valence-corrected chi connectivity index (χ4v) is 2.38. The Kier molecular flexibility index (Phi) is 3.73. The molecule has 1 heterocycles. The summed E-state index contributed by atoms with van der Waals surface area (Å²) in [6.07, 6.45) is 0. The van der Waals surface area contributed by atoms with Gasteiger partial charge in [0.1, 0.15) is 0 Å². The second-order valence-corrected chi connectivity index (χ2v) is 5.37. The Morgan fingerprint density at radius 1 is 1.32 bits per heavy atom.